The third-order valence-electron chi connectivity index (χ3n) is 2.27. The molecule has 0 aliphatic carbocycles. The molecule has 1 rings (SSSR count). The summed E-state index contributed by atoms with van der Waals surface area (Å²) in [4.78, 5) is 21.6. The fourth-order valence-electron chi connectivity index (χ4n) is 1.30. The van der Waals surface area contributed by atoms with Crippen LogP contribution in [0, 0.1) is 5.82 Å². The topological polar surface area (TPSA) is 110 Å². The lowest BCUT2D eigenvalue weighted by molar-refractivity contribution is -0.140. The number of anilines is 1. The maximum atomic E-state index is 13.1. The average molecular weight is 305 g/mol. The lowest BCUT2D eigenvalue weighted by Crippen LogP contribution is -2.19. The Bertz CT molecular complexity index is 628. The maximum Gasteiger partial charge on any atom is 0.338 e. The van der Waals surface area contributed by atoms with Crippen molar-refractivity contribution in [3.05, 3.63) is 29.6 Å². The number of carboxylic acids is 1. The minimum atomic E-state index is -3.86. The van der Waals surface area contributed by atoms with Crippen LogP contribution in [0.1, 0.15) is 16.8 Å². The minimum Gasteiger partial charge on any atom is -0.478 e. The van der Waals surface area contributed by atoms with E-state index in [2.05, 4.69) is 9.46 Å². The van der Waals surface area contributed by atoms with Crippen molar-refractivity contribution in [3.63, 3.8) is 0 Å². The largest absolute Gasteiger partial charge is 0.478 e. The Morgan fingerprint density at radius 1 is 1.40 bits per heavy atom. The van der Waals surface area contributed by atoms with Crippen LogP contribution in [-0.4, -0.2) is 38.3 Å². The van der Waals surface area contributed by atoms with E-state index in [-0.39, 0.29) is 12.1 Å². The molecule has 9 heteroatoms. The number of hydrogen-bond acceptors (Lipinski definition) is 5. The fraction of sp³-hybridized carbons (Fsp3) is 0.273. The van der Waals surface area contributed by atoms with E-state index < -0.39 is 39.1 Å². The fourth-order valence-corrected chi connectivity index (χ4v) is 2.33. The van der Waals surface area contributed by atoms with Crippen molar-refractivity contribution >= 4 is 27.6 Å². The van der Waals surface area contributed by atoms with Crippen LogP contribution in [0.2, 0.25) is 0 Å². The van der Waals surface area contributed by atoms with Gasteiger partial charge in [0, 0.05) is 5.69 Å². The summed E-state index contributed by atoms with van der Waals surface area (Å²) in [5.74, 6) is -3.71. The number of halogens is 1. The zero-order chi connectivity index (χ0) is 15.3. The molecule has 0 unspecified atom stereocenters. The number of ether oxygens (including phenoxy) is 1. The molecular formula is C11H12FNO6S. The van der Waals surface area contributed by atoms with Gasteiger partial charge in [0.1, 0.15) is 5.82 Å². The molecule has 2 N–H and O–H groups in total. The van der Waals surface area contributed by atoms with E-state index in [1.54, 1.807) is 0 Å². The molecule has 7 nitrogen and oxygen atoms in total. The average Bonchev–Trinajstić information content (AvgIpc) is 2.37. The van der Waals surface area contributed by atoms with Crippen molar-refractivity contribution in [1.82, 2.24) is 0 Å². The number of aromatic carboxylic acids is 1. The molecule has 0 saturated carbocycles. The second-order valence-corrected chi connectivity index (χ2v) is 5.59. The summed E-state index contributed by atoms with van der Waals surface area (Å²) in [6.07, 6.45) is -0.348. The van der Waals surface area contributed by atoms with Gasteiger partial charge >= 0.3 is 11.9 Å². The predicted octanol–water partition coefficient (Wildman–Crippen LogP) is 0.829. The summed E-state index contributed by atoms with van der Waals surface area (Å²) in [6.45, 7) is 0. The number of carboxylic acid groups (broad SMARTS) is 1. The van der Waals surface area contributed by atoms with E-state index in [1.165, 1.54) is 0 Å². The highest BCUT2D eigenvalue weighted by Crippen LogP contribution is 2.16. The second-order valence-electron chi connectivity index (χ2n) is 3.75. The highest BCUT2D eigenvalue weighted by Gasteiger charge is 2.16. The van der Waals surface area contributed by atoms with E-state index in [4.69, 9.17) is 5.11 Å². The first kappa shape index (κ1) is 15.9. The molecule has 110 valence electrons. The maximum absolute atomic E-state index is 13.1. The number of hydrogen-bond donors (Lipinski definition) is 2. The molecule has 0 saturated heterocycles. The summed E-state index contributed by atoms with van der Waals surface area (Å²) in [5.41, 5.74) is -0.758. The predicted molar refractivity (Wildman–Crippen MR) is 67.4 cm³/mol. The quantitative estimate of drug-likeness (QED) is 0.753. The van der Waals surface area contributed by atoms with E-state index in [9.17, 15) is 22.4 Å². The van der Waals surface area contributed by atoms with Crippen molar-refractivity contribution in [2.24, 2.45) is 0 Å². The standard InChI is InChI=1S/C11H12FNO6S/c1-19-10(14)4-5-20(17,18)13-7-2-3-9(12)8(6-7)11(15)16/h2-3,6,13H,4-5H2,1H3,(H,15,16). The molecule has 0 atom stereocenters. The first-order chi connectivity index (χ1) is 9.25. The molecule has 20 heavy (non-hydrogen) atoms. The molecule has 0 radical (unpaired) electrons. The minimum absolute atomic E-state index is 0.103. The number of benzene rings is 1. The number of carbonyl (C=O) groups is 2. The number of esters is 1. The summed E-state index contributed by atoms with van der Waals surface area (Å²) in [6, 6.07) is 2.77. The van der Waals surface area contributed by atoms with Crippen molar-refractivity contribution in [2.45, 2.75) is 6.42 Å². The van der Waals surface area contributed by atoms with Crippen LogP contribution in [0.15, 0.2) is 18.2 Å². The van der Waals surface area contributed by atoms with Gasteiger partial charge in [0.05, 0.1) is 24.8 Å². The van der Waals surface area contributed by atoms with Crippen molar-refractivity contribution in [3.8, 4) is 0 Å². The Labute approximate surface area is 114 Å². The van der Waals surface area contributed by atoms with Crippen LogP contribution in [0.5, 0.6) is 0 Å². The van der Waals surface area contributed by atoms with E-state index >= 15 is 0 Å². The van der Waals surface area contributed by atoms with E-state index in [0.29, 0.717) is 0 Å². The molecule has 0 fully saturated rings. The Hall–Kier alpha value is -2.16. The Morgan fingerprint density at radius 2 is 2.05 bits per heavy atom. The van der Waals surface area contributed by atoms with E-state index in [1.807, 2.05) is 0 Å². The van der Waals surface area contributed by atoms with E-state index in [0.717, 1.165) is 25.3 Å². The molecule has 0 aliphatic rings. The van der Waals surface area contributed by atoms with Gasteiger partial charge in [0.15, 0.2) is 0 Å². The highest BCUT2D eigenvalue weighted by atomic mass is 32.2. The lowest BCUT2D eigenvalue weighted by atomic mass is 10.2. The van der Waals surface area contributed by atoms with Crippen molar-refractivity contribution in [1.29, 1.82) is 0 Å². The van der Waals surface area contributed by atoms with Crippen molar-refractivity contribution in [2.75, 3.05) is 17.6 Å². The number of sulfonamides is 1. The van der Waals surface area contributed by atoms with Crippen LogP contribution in [-0.2, 0) is 19.6 Å². The molecule has 0 aromatic heterocycles. The van der Waals surface area contributed by atoms with Gasteiger partial charge < -0.3 is 9.84 Å². The molecule has 0 amide bonds. The molecule has 0 heterocycles. The molecule has 1 aromatic carbocycles. The number of methoxy groups -OCH3 is 1. The zero-order valence-electron chi connectivity index (χ0n) is 10.4. The second kappa shape index (κ2) is 6.33. The summed E-state index contributed by atoms with van der Waals surface area (Å²) >= 11 is 0. The molecule has 0 bridgehead atoms. The highest BCUT2D eigenvalue weighted by molar-refractivity contribution is 7.92. The van der Waals surface area contributed by atoms with Gasteiger partial charge in [-0.25, -0.2) is 17.6 Å². The molecule has 1 aromatic rings. The molecular weight excluding hydrogens is 293 g/mol. The molecule has 0 aliphatic heterocycles. The van der Waals surface area contributed by atoms with Gasteiger partial charge in [0.25, 0.3) is 0 Å². The SMILES string of the molecule is COC(=O)CCS(=O)(=O)Nc1ccc(F)c(C(=O)O)c1. The van der Waals surface area contributed by atoms with Gasteiger partial charge in [-0.1, -0.05) is 0 Å². The van der Waals surface area contributed by atoms with Crippen molar-refractivity contribution < 1.29 is 32.2 Å². The first-order valence-electron chi connectivity index (χ1n) is 5.35. The van der Waals surface area contributed by atoms with Crippen LogP contribution in [0.25, 0.3) is 0 Å². The summed E-state index contributed by atoms with van der Waals surface area (Å²) < 4.78 is 42.7. The van der Waals surface area contributed by atoms with Crippen LogP contribution in [0.3, 0.4) is 0 Å². The first-order valence-corrected chi connectivity index (χ1v) is 7.00. The van der Waals surface area contributed by atoms with Gasteiger partial charge in [-0.05, 0) is 18.2 Å². The summed E-state index contributed by atoms with van der Waals surface area (Å²) in [5, 5.41) is 8.72. The van der Waals surface area contributed by atoms with Gasteiger partial charge in [-0.15, -0.1) is 0 Å². The van der Waals surface area contributed by atoms with Crippen LogP contribution in [0.4, 0.5) is 10.1 Å². The monoisotopic (exact) mass is 305 g/mol. The number of rotatable bonds is 6. The number of carbonyl (C=O) groups excluding carboxylic acids is 1. The van der Waals surface area contributed by atoms with Gasteiger partial charge in [-0.2, -0.15) is 0 Å². The molecule has 0 spiro atoms. The Balaban J connectivity index is 2.85. The normalized spacial score (nSPS) is 10.9. The van der Waals surface area contributed by atoms with Crippen LogP contribution >= 0.6 is 0 Å². The third kappa shape index (κ3) is 4.50. The zero-order valence-corrected chi connectivity index (χ0v) is 11.2. The Kier molecular flexibility index (Phi) is 5.03. The van der Waals surface area contributed by atoms with Crippen LogP contribution < -0.4 is 4.72 Å². The smallest absolute Gasteiger partial charge is 0.338 e. The van der Waals surface area contributed by atoms with Gasteiger partial charge in [-0.3, -0.25) is 9.52 Å². The lowest BCUT2D eigenvalue weighted by Gasteiger charge is -2.08. The third-order valence-corrected chi connectivity index (χ3v) is 3.56. The Morgan fingerprint density at radius 3 is 2.60 bits per heavy atom. The number of nitrogens with one attached hydrogen (secondary N) is 1. The van der Waals surface area contributed by atoms with Gasteiger partial charge in [0.2, 0.25) is 10.0 Å². The summed E-state index contributed by atoms with van der Waals surface area (Å²) in [7, 11) is -2.73.